The Morgan fingerprint density at radius 2 is 2.31 bits per heavy atom. The Hall–Kier alpha value is -0.0800. The van der Waals surface area contributed by atoms with E-state index in [2.05, 4.69) is 12.2 Å². The first-order chi connectivity index (χ1) is 6.28. The van der Waals surface area contributed by atoms with Gasteiger partial charge in [-0.25, -0.2) is 0 Å². The standard InChI is InChI=1S/C11H19NO/c1-8-2-10(3-8)12-6-11-4-9(11)5-13-7-11/h8-10,12H,2-7H2,1H3. The van der Waals surface area contributed by atoms with Gasteiger partial charge < -0.3 is 10.1 Å². The molecule has 3 rings (SSSR count). The molecule has 13 heavy (non-hydrogen) atoms. The van der Waals surface area contributed by atoms with Crippen LogP contribution in [0.2, 0.25) is 0 Å². The van der Waals surface area contributed by atoms with Gasteiger partial charge in [-0.1, -0.05) is 6.92 Å². The van der Waals surface area contributed by atoms with Crippen molar-refractivity contribution in [3.63, 3.8) is 0 Å². The topological polar surface area (TPSA) is 21.3 Å². The third kappa shape index (κ3) is 1.31. The van der Waals surface area contributed by atoms with Crippen LogP contribution >= 0.6 is 0 Å². The van der Waals surface area contributed by atoms with Gasteiger partial charge in [-0.15, -0.1) is 0 Å². The second kappa shape index (κ2) is 2.71. The first-order valence-corrected chi connectivity index (χ1v) is 5.60. The molecule has 2 unspecified atom stereocenters. The van der Waals surface area contributed by atoms with Crippen molar-refractivity contribution < 1.29 is 4.74 Å². The Morgan fingerprint density at radius 3 is 2.85 bits per heavy atom. The Labute approximate surface area is 80.0 Å². The van der Waals surface area contributed by atoms with E-state index in [-0.39, 0.29) is 0 Å². The normalized spacial score (nSPS) is 52.8. The number of hydrogen-bond acceptors (Lipinski definition) is 2. The van der Waals surface area contributed by atoms with Gasteiger partial charge in [0.25, 0.3) is 0 Å². The minimum absolute atomic E-state index is 0.582. The van der Waals surface area contributed by atoms with E-state index in [1.54, 1.807) is 0 Å². The van der Waals surface area contributed by atoms with Gasteiger partial charge >= 0.3 is 0 Å². The smallest absolute Gasteiger partial charge is 0.0538 e. The van der Waals surface area contributed by atoms with Crippen LogP contribution in [-0.2, 0) is 4.74 Å². The van der Waals surface area contributed by atoms with Crippen molar-refractivity contribution in [1.82, 2.24) is 5.32 Å². The lowest BCUT2D eigenvalue weighted by molar-refractivity contribution is 0.140. The summed E-state index contributed by atoms with van der Waals surface area (Å²) in [5.74, 6) is 1.86. The fourth-order valence-corrected chi connectivity index (χ4v) is 2.93. The molecule has 0 spiro atoms. The van der Waals surface area contributed by atoms with Gasteiger partial charge in [0.2, 0.25) is 0 Å². The van der Waals surface area contributed by atoms with E-state index < -0.39 is 0 Å². The van der Waals surface area contributed by atoms with Crippen molar-refractivity contribution in [3.05, 3.63) is 0 Å². The van der Waals surface area contributed by atoms with Gasteiger partial charge in [-0.3, -0.25) is 0 Å². The minimum atomic E-state index is 0.582. The zero-order valence-corrected chi connectivity index (χ0v) is 8.38. The number of ether oxygens (including phenoxy) is 1. The zero-order chi connectivity index (χ0) is 8.89. The summed E-state index contributed by atoms with van der Waals surface area (Å²) in [4.78, 5) is 0. The lowest BCUT2D eigenvalue weighted by Crippen LogP contribution is -2.43. The maximum absolute atomic E-state index is 5.47. The summed E-state index contributed by atoms with van der Waals surface area (Å²) in [5.41, 5.74) is 0.582. The number of rotatable bonds is 3. The molecule has 1 aliphatic heterocycles. The molecule has 0 radical (unpaired) electrons. The SMILES string of the molecule is CC1CC(NCC23COCC2C3)C1. The molecule has 2 nitrogen and oxygen atoms in total. The highest BCUT2D eigenvalue weighted by molar-refractivity contribution is 5.07. The molecule has 2 atom stereocenters. The van der Waals surface area contributed by atoms with Crippen LogP contribution in [0.3, 0.4) is 0 Å². The zero-order valence-electron chi connectivity index (χ0n) is 8.38. The van der Waals surface area contributed by atoms with Gasteiger partial charge in [0.05, 0.1) is 13.2 Å². The molecular weight excluding hydrogens is 162 g/mol. The number of nitrogens with one attached hydrogen (secondary N) is 1. The van der Waals surface area contributed by atoms with Crippen LogP contribution in [0.25, 0.3) is 0 Å². The van der Waals surface area contributed by atoms with E-state index in [4.69, 9.17) is 4.74 Å². The molecular formula is C11H19NO. The molecule has 0 aromatic rings. The van der Waals surface area contributed by atoms with Crippen LogP contribution in [0.1, 0.15) is 26.2 Å². The maximum atomic E-state index is 5.47. The molecule has 1 saturated heterocycles. The summed E-state index contributed by atoms with van der Waals surface area (Å²) in [6, 6.07) is 0.825. The van der Waals surface area contributed by atoms with Crippen LogP contribution in [0.5, 0.6) is 0 Å². The summed E-state index contributed by atoms with van der Waals surface area (Å²) in [6.45, 7) is 5.61. The molecule has 2 aliphatic carbocycles. The fourth-order valence-electron chi connectivity index (χ4n) is 2.93. The van der Waals surface area contributed by atoms with E-state index in [0.29, 0.717) is 5.41 Å². The molecule has 3 aliphatic rings. The van der Waals surface area contributed by atoms with Crippen LogP contribution < -0.4 is 5.32 Å². The molecule has 1 heterocycles. The third-order valence-corrected chi connectivity index (χ3v) is 4.18. The summed E-state index contributed by atoms with van der Waals surface area (Å²) in [6.07, 6.45) is 4.20. The summed E-state index contributed by atoms with van der Waals surface area (Å²) >= 11 is 0. The maximum Gasteiger partial charge on any atom is 0.0538 e. The monoisotopic (exact) mass is 181 g/mol. The number of fused-ring (bicyclic) bond motifs is 1. The number of hydrogen-bond donors (Lipinski definition) is 1. The summed E-state index contributed by atoms with van der Waals surface area (Å²) < 4.78 is 5.47. The van der Waals surface area contributed by atoms with Crippen molar-refractivity contribution >= 4 is 0 Å². The predicted octanol–water partition coefficient (Wildman–Crippen LogP) is 1.41. The second-order valence-corrected chi connectivity index (χ2v) is 5.43. The second-order valence-electron chi connectivity index (χ2n) is 5.43. The van der Waals surface area contributed by atoms with Gasteiger partial charge in [0.15, 0.2) is 0 Å². The van der Waals surface area contributed by atoms with Gasteiger partial charge in [0, 0.05) is 18.0 Å². The molecule has 74 valence electrons. The highest BCUT2D eigenvalue weighted by Crippen LogP contribution is 2.56. The Balaban J connectivity index is 1.44. The molecule has 3 fully saturated rings. The van der Waals surface area contributed by atoms with E-state index in [0.717, 1.165) is 31.1 Å². The Bertz CT molecular complexity index is 212. The third-order valence-electron chi connectivity index (χ3n) is 4.18. The first-order valence-electron chi connectivity index (χ1n) is 5.60. The van der Waals surface area contributed by atoms with Crippen LogP contribution in [0.4, 0.5) is 0 Å². The Morgan fingerprint density at radius 1 is 1.46 bits per heavy atom. The van der Waals surface area contributed by atoms with Crippen molar-refractivity contribution in [2.45, 2.75) is 32.2 Å². The van der Waals surface area contributed by atoms with Crippen molar-refractivity contribution in [3.8, 4) is 0 Å². The predicted molar refractivity (Wildman–Crippen MR) is 51.5 cm³/mol. The fraction of sp³-hybridized carbons (Fsp3) is 1.00. The van der Waals surface area contributed by atoms with Crippen LogP contribution in [0.15, 0.2) is 0 Å². The molecule has 2 saturated carbocycles. The highest BCUT2D eigenvalue weighted by atomic mass is 16.5. The highest BCUT2D eigenvalue weighted by Gasteiger charge is 2.57. The van der Waals surface area contributed by atoms with E-state index in [1.165, 1.54) is 25.8 Å². The average molecular weight is 181 g/mol. The molecule has 0 aromatic heterocycles. The van der Waals surface area contributed by atoms with Crippen molar-refractivity contribution in [1.29, 1.82) is 0 Å². The van der Waals surface area contributed by atoms with Gasteiger partial charge in [-0.05, 0) is 31.1 Å². The molecule has 0 bridgehead atoms. The Kier molecular flexibility index (Phi) is 1.72. The van der Waals surface area contributed by atoms with E-state index >= 15 is 0 Å². The van der Waals surface area contributed by atoms with Gasteiger partial charge in [-0.2, -0.15) is 0 Å². The molecule has 0 amide bonds. The van der Waals surface area contributed by atoms with Crippen molar-refractivity contribution in [2.75, 3.05) is 19.8 Å². The van der Waals surface area contributed by atoms with Crippen LogP contribution in [0, 0.1) is 17.3 Å². The lowest BCUT2D eigenvalue weighted by atomic mass is 9.81. The van der Waals surface area contributed by atoms with Gasteiger partial charge in [0.1, 0.15) is 0 Å². The average Bonchev–Trinajstić information content (AvgIpc) is 2.62. The van der Waals surface area contributed by atoms with E-state index in [1.807, 2.05) is 0 Å². The quantitative estimate of drug-likeness (QED) is 0.711. The van der Waals surface area contributed by atoms with Crippen LogP contribution in [-0.4, -0.2) is 25.8 Å². The first kappa shape index (κ1) is 8.25. The minimum Gasteiger partial charge on any atom is -0.380 e. The molecule has 1 N–H and O–H groups in total. The van der Waals surface area contributed by atoms with E-state index in [9.17, 15) is 0 Å². The largest absolute Gasteiger partial charge is 0.380 e. The lowest BCUT2D eigenvalue weighted by Gasteiger charge is -2.34. The molecule has 0 aromatic carbocycles. The summed E-state index contributed by atoms with van der Waals surface area (Å²) in [5, 5.41) is 3.69. The molecule has 2 heteroatoms. The summed E-state index contributed by atoms with van der Waals surface area (Å²) in [7, 11) is 0. The van der Waals surface area contributed by atoms with Crippen molar-refractivity contribution in [2.24, 2.45) is 17.3 Å².